The van der Waals surface area contributed by atoms with E-state index in [9.17, 15) is 9.59 Å². The molecule has 4 nitrogen and oxygen atoms in total. The SMILES string of the molecule is CCOC(=O)C1CCC(=O)O1. The Morgan fingerprint density at radius 2 is 2.55 bits per heavy atom. The van der Waals surface area contributed by atoms with E-state index in [0.717, 1.165) is 0 Å². The second-order valence-electron chi connectivity index (χ2n) is 2.27. The summed E-state index contributed by atoms with van der Waals surface area (Å²) in [6.07, 6.45) is 0.128. The summed E-state index contributed by atoms with van der Waals surface area (Å²) in [5.41, 5.74) is 0. The van der Waals surface area contributed by atoms with E-state index in [1.54, 1.807) is 6.92 Å². The number of carbonyl (C=O) groups is 2. The van der Waals surface area contributed by atoms with Gasteiger partial charge in [0.1, 0.15) is 0 Å². The van der Waals surface area contributed by atoms with Crippen molar-refractivity contribution in [2.75, 3.05) is 6.61 Å². The third kappa shape index (κ3) is 1.93. The number of hydrogen-bond acceptors (Lipinski definition) is 4. The van der Waals surface area contributed by atoms with Gasteiger partial charge < -0.3 is 9.47 Å². The molecule has 1 aliphatic rings. The maximum absolute atomic E-state index is 10.9. The fourth-order valence-corrected chi connectivity index (χ4v) is 0.927. The van der Waals surface area contributed by atoms with Gasteiger partial charge in [-0.3, -0.25) is 4.79 Å². The molecule has 0 aromatic heterocycles. The second kappa shape index (κ2) is 3.37. The Kier molecular flexibility index (Phi) is 2.46. The summed E-state index contributed by atoms with van der Waals surface area (Å²) in [6.45, 7) is 2.04. The Hall–Kier alpha value is -1.06. The van der Waals surface area contributed by atoms with Crippen molar-refractivity contribution >= 4 is 11.9 Å². The smallest absolute Gasteiger partial charge is 0.347 e. The van der Waals surface area contributed by atoms with Crippen LogP contribution in [-0.2, 0) is 19.1 Å². The van der Waals surface area contributed by atoms with Gasteiger partial charge in [0, 0.05) is 12.8 Å². The summed E-state index contributed by atoms with van der Waals surface area (Å²) in [4.78, 5) is 21.4. The molecule has 0 amide bonds. The van der Waals surface area contributed by atoms with Crippen molar-refractivity contribution in [2.24, 2.45) is 0 Å². The molecule has 0 radical (unpaired) electrons. The Balaban J connectivity index is 2.37. The van der Waals surface area contributed by atoms with E-state index in [0.29, 0.717) is 19.4 Å². The molecule has 0 spiro atoms. The topological polar surface area (TPSA) is 52.6 Å². The lowest BCUT2D eigenvalue weighted by Crippen LogP contribution is -2.22. The first-order valence-corrected chi connectivity index (χ1v) is 3.60. The van der Waals surface area contributed by atoms with E-state index in [1.165, 1.54) is 0 Å². The van der Waals surface area contributed by atoms with Gasteiger partial charge in [-0.05, 0) is 6.92 Å². The van der Waals surface area contributed by atoms with Crippen LogP contribution < -0.4 is 0 Å². The quantitative estimate of drug-likeness (QED) is 0.541. The van der Waals surface area contributed by atoms with Crippen LogP contribution in [0, 0.1) is 0 Å². The second-order valence-corrected chi connectivity index (χ2v) is 2.27. The van der Waals surface area contributed by atoms with Gasteiger partial charge >= 0.3 is 11.9 Å². The Bertz CT molecular complexity index is 175. The number of hydrogen-bond donors (Lipinski definition) is 0. The lowest BCUT2D eigenvalue weighted by Gasteiger charge is -2.06. The lowest BCUT2D eigenvalue weighted by atomic mass is 10.2. The van der Waals surface area contributed by atoms with Crippen LogP contribution in [0.25, 0.3) is 0 Å². The molecule has 1 fully saturated rings. The summed E-state index contributed by atoms with van der Waals surface area (Å²) in [6, 6.07) is 0. The molecule has 11 heavy (non-hydrogen) atoms. The van der Waals surface area contributed by atoms with E-state index in [-0.39, 0.29) is 5.97 Å². The zero-order valence-electron chi connectivity index (χ0n) is 6.33. The van der Waals surface area contributed by atoms with Gasteiger partial charge in [0.25, 0.3) is 0 Å². The minimum absolute atomic E-state index is 0.317. The molecular formula is C7H10O4. The van der Waals surface area contributed by atoms with Gasteiger partial charge in [0.05, 0.1) is 6.61 Å². The highest BCUT2D eigenvalue weighted by Gasteiger charge is 2.30. The van der Waals surface area contributed by atoms with Crippen LogP contribution in [0.3, 0.4) is 0 Å². The predicted octanol–water partition coefficient (Wildman–Crippen LogP) is 0.255. The zero-order chi connectivity index (χ0) is 8.27. The molecule has 1 unspecified atom stereocenters. The van der Waals surface area contributed by atoms with E-state index in [4.69, 9.17) is 0 Å². The van der Waals surface area contributed by atoms with Crippen molar-refractivity contribution in [1.82, 2.24) is 0 Å². The molecule has 0 saturated carbocycles. The zero-order valence-corrected chi connectivity index (χ0v) is 6.33. The first-order valence-electron chi connectivity index (χ1n) is 3.60. The van der Waals surface area contributed by atoms with Gasteiger partial charge in [-0.15, -0.1) is 0 Å². The van der Waals surface area contributed by atoms with Gasteiger partial charge in [-0.2, -0.15) is 0 Å². The van der Waals surface area contributed by atoms with E-state index >= 15 is 0 Å². The van der Waals surface area contributed by atoms with Crippen LogP contribution >= 0.6 is 0 Å². The maximum Gasteiger partial charge on any atom is 0.347 e. The van der Waals surface area contributed by atoms with Crippen LogP contribution in [0.2, 0.25) is 0 Å². The van der Waals surface area contributed by atoms with E-state index < -0.39 is 12.1 Å². The van der Waals surface area contributed by atoms with Crippen LogP contribution in [0.5, 0.6) is 0 Å². The fourth-order valence-electron chi connectivity index (χ4n) is 0.927. The highest BCUT2D eigenvalue weighted by atomic mass is 16.6. The average molecular weight is 158 g/mol. The van der Waals surface area contributed by atoms with Crippen molar-refractivity contribution in [2.45, 2.75) is 25.9 Å². The molecule has 0 aromatic carbocycles. The molecule has 0 aliphatic carbocycles. The highest BCUT2D eigenvalue weighted by molar-refractivity contribution is 5.82. The van der Waals surface area contributed by atoms with Gasteiger partial charge in [0.2, 0.25) is 0 Å². The fraction of sp³-hybridized carbons (Fsp3) is 0.714. The summed E-state index contributed by atoms with van der Waals surface area (Å²) in [5.74, 6) is -0.749. The molecule has 0 bridgehead atoms. The Morgan fingerprint density at radius 3 is 3.00 bits per heavy atom. The molecule has 0 aromatic rings. The molecular weight excluding hydrogens is 148 g/mol. The highest BCUT2D eigenvalue weighted by Crippen LogP contribution is 2.14. The van der Waals surface area contributed by atoms with Crippen molar-refractivity contribution < 1.29 is 19.1 Å². The van der Waals surface area contributed by atoms with Crippen molar-refractivity contribution in [3.63, 3.8) is 0 Å². The summed E-state index contributed by atoms with van der Waals surface area (Å²) in [7, 11) is 0. The molecule has 1 saturated heterocycles. The monoisotopic (exact) mass is 158 g/mol. The Morgan fingerprint density at radius 1 is 1.82 bits per heavy atom. The average Bonchev–Trinajstić information content (AvgIpc) is 2.36. The van der Waals surface area contributed by atoms with Gasteiger partial charge in [0.15, 0.2) is 6.10 Å². The third-order valence-electron chi connectivity index (χ3n) is 1.43. The first-order chi connectivity index (χ1) is 5.24. The Labute approximate surface area is 64.5 Å². The van der Waals surface area contributed by atoms with E-state index in [2.05, 4.69) is 9.47 Å². The molecule has 4 heteroatoms. The maximum atomic E-state index is 10.9. The predicted molar refractivity (Wildman–Crippen MR) is 35.7 cm³/mol. The van der Waals surface area contributed by atoms with Crippen molar-refractivity contribution in [3.05, 3.63) is 0 Å². The summed E-state index contributed by atoms with van der Waals surface area (Å²) in [5, 5.41) is 0. The van der Waals surface area contributed by atoms with Crippen molar-refractivity contribution in [1.29, 1.82) is 0 Å². The summed E-state index contributed by atoms with van der Waals surface area (Å²) >= 11 is 0. The number of esters is 2. The minimum atomic E-state index is -0.651. The van der Waals surface area contributed by atoms with Crippen LogP contribution in [0.1, 0.15) is 19.8 Å². The van der Waals surface area contributed by atoms with Crippen molar-refractivity contribution in [3.8, 4) is 0 Å². The molecule has 62 valence electrons. The normalized spacial score (nSPS) is 23.0. The number of cyclic esters (lactones) is 1. The molecule has 0 N–H and O–H groups in total. The summed E-state index contributed by atoms with van der Waals surface area (Å²) < 4.78 is 9.32. The third-order valence-corrected chi connectivity index (χ3v) is 1.43. The van der Waals surface area contributed by atoms with Crippen LogP contribution in [0.4, 0.5) is 0 Å². The lowest BCUT2D eigenvalue weighted by molar-refractivity contribution is -0.161. The van der Waals surface area contributed by atoms with E-state index in [1.807, 2.05) is 0 Å². The molecule has 1 heterocycles. The molecule has 1 aliphatic heterocycles. The number of ether oxygens (including phenoxy) is 2. The van der Waals surface area contributed by atoms with Crippen LogP contribution in [-0.4, -0.2) is 24.6 Å². The standard InChI is InChI=1S/C7H10O4/c1-2-10-7(9)5-3-4-6(8)11-5/h5H,2-4H2,1H3. The number of carbonyl (C=O) groups excluding carboxylic acids is 2. The molecule has 1 rings (SSSR count). The largest absolute Gasteiger partial charge is 0.463 e. The minimum Gasteiger partial charge on any atom is -0.463 e. The number of rotatable bonds is 2. The van der Waals surface area contributed by atoms with Gasteiger partial charge in [-0.25, -0.2) is 4.79 Å². The molecule has 1 atom stereocenters. The van der Waals surface area contributed by atoms with Gasteiger partial charge in [-0.1, -0.05) is 0 Å². The first kappa shape index (κ1) is 8.04. The van der Waals surface area contributed by atoms with Crippen LogP contribution in [0.15, 0.2) is 0 Å².